The standard InChI is InChI=1S/C24H27N3O9S/c1-32-22-11-16(12-23(33-2)24(22)34-3)21-13-17(25-36-21)14-26(15-19-5-4-10-35-19)37(30,31)20-8-6-18(7-9-20)27(28)29/h6-9,11-13,19H,4-5,10,14-15H2,1-3H3/t19-/m0/s1. The normalized spacial score (nSPS) is 15.6. The fourth-order valence-electron chi connectivity index (χ4n) is 4.08. The largest absolute Gasteiger partial charge is 0.493 e. The molecule has 13 heteroatoms. The van der Waals surface area contributed by atoms with Crippen LogP contribution in [-0.2, 0) is 21.3 Å². The molecule has 0 N–H and O–H groups in total. The van der Waals surface area contributed by atoms with Gasteiger partial charge in [-0.15, -0.1) is 0 Å². The third-order valence-electron chi connectivity index (χ3n) is 5.96. The molecule has 0 saturated carbocycles. The highest BCUT2D eigenvalue weighted by molar-refractivity contribution is 7.89. The van der Waals surface area contributed by atoms with Crippen molar-refractivity contribution in [1.29, 1.82) is 0 Å². The Hall–Kier alpha value is -3.68. The molecule has 0 radical (unpaired) electrons. The Labute approximate surface area is 213 Å². The molecule has 2 aromatic carbocycles. The van der Waals surface area contributed by atoms with E-state index < -0.39 is 14.9 Å². The average Bonchev–Trinajstić information content (AvgIpc) is 3.60. The zero-order valence-corrected chi connectivity index (χ0v) is 21.4. The molecule has 1 aliphatic rings. The van der Waals surface area contributed by atoms with Gasteiger partial charge in [-0.05, 0) is 37.1 Å². The first kappa shape index (κ1) is 26.4. The maximum atomic E-state index is 13.5. The van der Waals surface area contributed by atoms with Gasteiger partial charge in [-0.3, -0.25) is 10.1 Å². The lowest BCUT2D eigenvalue weighted by molar-refractivity contribution is -0.384. The van der Waals surface area contributed by atoms with E-state index in [0.29, 0.717) is 40.9 Å². The molecule has 0 bridgehead atoms. The second-order valence-electron chi connectivity index (χ2n) is 8.28. The summed E-state index contributed by atoms with van der Waals surface area (Å²) in [6.07, 6.45) is 1.29. The van der Waals surface area contributed by atoms with Crippen molar-refractivity contribution >= 4 is 15.7 Å². The molecule has 1 atom stereocenters. The summed E-state index contributed by atoms with van der Waals surface area (Å²) >= 11 is 0. The summed E-state index contributed by atoms with van der Waals surface area (Å²) in [6.45, 7) is 0.574. The molecule has 1 fully saturated rings. The molecular weight excluding hydrogens is 506 g/mol. The number of hydrogen-bond acceptors (Lipinski definition) is 10. The molecule has 37 heavy (non-hydrogen) atoms. The van der Waals surface area contributed by atoms with Crippen molar-refractivity contribution in [3.63, 3.8) is 0 Å². The van der Waals surface area contributed by atoms with Crippen LogP contribution < -0.4 is 14.2 Å². The number of hydrogen-bond donors (Lipinski definition) is 0. The van der Waals surface area contributed by atoms with Crippen LogP contribution in [0.1, 0.15) is 18.5 Å². The van der Waals surface area contributed by atoms with E-state index in [0.717, 1.165) is 25.0 Å². The molecule has 1 saturated heterocycles. The number of nitro benzene ring substituents is 1. The number of benzene rings is 2. The molecule has 3 aromatic rings. The molecule has 2 heterocycles. The van der Waals surface area contributed by atoms with Crippen LogP contribution in [0.2, 0.25) is 0 Å². The lowest BCUT2D eigenvalue weighted by Crippen LogP contribution is -2.37. The third-order valence-corrected chi connectivity index (χ3v) is 7.79. The van der Waals surface area contributed by atoms with E-state index in [2.05, 4.69) is 5.16 Å². The predicted molar refractivity (Wildman–Crippen MR) is 131 cm³/mol. The van der Waals surface area contributed by atoms with Gasteiger partial charge >= 0.3 is 0 Å². The Morgan fingerprint density at radius 1 is 1.08 bits per heavy atom. The summed E-state index contributed by atoms with van der Waals surface area (Å²) < 4.78 is 55.6. The molecule has 198 valence electrons. The van der Waals surface area contributed by atoms with Crippen LogP contribution in [0, 0.1) is 10.1 Å². The van der Waals surface area contributed by atoms with Crippen molar-refractivity contribution in [3.8, 4) is 28.6 Å². The monoisotopic (exact) mass is 533 g/mol. The fourth-order valence-corrected chi connectivity index (χ4v) is 5.52. The Kier molecular flexibility index (Phi) is 7.95. The van der Waals surface area contributed by atoms with Crippen molar-refractivity contribution in [2.24, 2.45) is 0 Å². The molecule has 0 amide bonds. The Bertz CT molecular complexity index is 1330. The van der Waals surface area contributed by atoms with E-state index in [1.807, 2.05) is 0 Å². The molecule has 1 aliphatic heterocycles. The van der Waals surface area contributed by atoms with Crippen molar-refractivity contribution in [2.45, 2.75) is 30.4 Å². The maximum absolute atomic E-state index is 13.5. The minimum atomic E-state index is -4.02. The zero-order valence-electron chi connectivity index (χ0n) is 20.6. The lowest BCUT2D eigenvalue weighted by Gasteiger charge is -2.24. The van der Waals surface area contributed by atoms with Gasteiger partial charge in [0.1, 0.15) is 0 Å². The van der Waals surface area contributed by atoms with E-state index in [9.17, 15) is 18.5 Å². The number of non-ortho nitro benzene ring substituents is 1. The van der Waals surface area contributed by atoms with Crippen LogP contribution in [0.5, 0.6) is 17.2 Å². The minimum absolute atomic E-state index is 0.0653. The quantitative estimate of drug-likeness (QED) is 0.265. The summed E-state index contributed by atoms with van der Waals surface area (Å²) in [4.78, 5) is 10.3. The van der Waals surface area contributed by atoms with Gasteiger partial charge in [0.05, 0.1) is 49.5 Å². The van der Waals surface area contributed by atoms with Gasteiger partial charge < -0.3 is 23.5 Å². The minimum Gasteiger partial charge on any atom is -0.493 e. The highest BCUT2D eigenvalue weighted by Crippen LogP contribution is 2.41. The molecule has 1 aromatic heterocycles. The Morgan fingerprint density at radius 3 is 2.30 bits per heavy atom. The van der Waals surface area contributed by atoms with Gasteiger partial charge in [-0.25, -0.2) is 8.42 Å². The first-order chi connectivity index (χ1) is 17.8. The van der Waals surface area contributed by atoms with E-state index in [1.54, 1.807) is 18.2 Å². The van der Waals surface area contributed by atoms with E-state index in [-0.39, 0.29) is 29.8 Å². The Balaban J connectivity index is 1.64. The summed E-state index contributed by atoms with van der Waals surface area (Å²) in [5.74, 6) is 1.65. The van der Waals surface area contributed by atoms with Crippen LogP contribution in [0.15, 0.2) is 51.9 Å². The van der Waals surface area contributed by atoms with Gasteiger partial charge in [0, 0.05) is 36.9 Å². The van der Waals surface area contributed by atoms with Gasteiger partial charge in [-0.2, -0.15) is 4.31 Å². The zero-order chi connectivity index (χ0) is 26.6. The fraction of sp³-hybridized carbons (Fsp3) is 0.375. The number of nitrogens with zero attached hydrogens (tertiary/aromatic N) is 3. The van der Waals surface area contributed by atoms with Gasteiger partial charge in [0.2, 0.25) is 15.8 Å². The van der Waals surface area contributed by atoms with Crippen molar-refractivity contribution in [2.75, 3.05) is 34.5 Å². The average molecular weight is 534 g/mol. The number of methoxy groups -OCH3 is 3. The molecule has 4 rings (SSSR count). The summed E-state index contributed by atoms with van der Waals surface area (Å²) in [6, 6.07) is 9.80. The number of nitro groups is 1. The van der Waals surface area contributed by atoms with Gasteiger partial charge in [0.25, 0.3) is 5.69 Å². The highest BCUT2D eigenvalue weighted by atomic mass is 32.2. The third kappa shape index (κ3) is 5.68. The summed E-state index contributed by atoms with van der Waals surface area (Å²) in [5.41, 5.74) is 0.764. The number of sulfonamides is 1. The number of rotatable bonds is 11. The van der Waals surface area contributed by atoms with Crippen LogP contribution in [0.25, 0.3) is 11.3 Å². The molecule has 12 nitrogen and oxygen atoms in total. The molecule has 0 unspecified atom stereocenters. The second-order valence-corrected chi connectivity index (χ2v) is 10.2. The van der Waals surface area contributed by atoms with Crippen LogP contribution in [0.3, 0.4) is 0 Å². The number of ether oxygens (including phenoxy) is 4. The van der Waals surface area contributed by atoms with E-state index >= 15 is 0 Å². The van der Waals surface area contributed by atoms with Gasteiger partial charge in [0.15, 0.2) is 17.3 Å². The van der Waals surface area contributed by atoms with Crippen molar-refractivity contribution in [3.05, 3.63) is 58.3 Å². The Morgan fingerprint density at radius 2 is 1.76 bits per heavy atom. The molecule has 0 spiro atoms. The predicted octanol–water partition coefficient (Wildman–Crippen LogP) is 3.65. The van der Waals surface area contributed by atoms with Crippen molar-refractivity contribution in [1.82, 2.24) is 9.46 Å². The first-order valence-electron chi connectivity index (χ1n) is 11.4. The second kappa shape index (κ2) is 11.2. The first-order valence-corrected chi connectivity index (χ1v) is 12.8. The summed E-state index contributed by atoms with van der Waals surface area (Å²) in [5, 5.41) is 15.1. The van der Waals surface area contributed by atoms with Crippen molar-refractivity contribution < 1.29 is 36.8 Å². The summed E-state index contributed by atoms with van der Waals surface area (Å²) in [7, 11) is 0.476. The van der Waals surface area contributed by atoms with E-state index in [1.165, 1.54) is 37.8 Å². The van der Waals surface area contributed by atoms with Gasteiger partial charge in [-0.1, -0.05) is 5.16 Å². The SMILES string of the molecule is COc1cc(-c2cc(CN(C[C@@H]3CCCO3)S(=O)(=O)c3ccc([N+](=O)[O-])cc3)no2)cc(OC)c1OC. The molecule has 0 aliphatic carbocycles. The number of aromatic nitrogens is 1. The molecular formula is C24H27N3O9S. The van der Waals surface area contributed by atoms with E-state index in [4.69, 9.17) is 23.5 Å². The van der Waals surface area contributed by atoms with Crippen LogP contribution >= 0.6 is 0 Å². The maximum Gasteiger partial charge on any atom is 0.269 e. The smallest absolute Gasteiger partial charge is 0.269 e. The van der Waals surface area contributed by atoms with Crippen LogP contribution in [-0.4, -0.2) is 63.4 Å². The van der Waals surface area contributed by atoms with Crippen LogP contribution in [0.4, 0.5) is 5.69 Å². The topological polar surface area (TPSA) is 143 Å². The highest BCUT2D eigenvalue weighted by Gasteiger charge is 2.31. The lowest BCUT2D eigenvalue weighted by atomic mass is 10.1.